The van der Waals surface area contributed by atoms with Crippen LogP contribution >= 0.6 is 42.1 Å². The molecule has 4 aromatic carbocycles. The molecule has 0 heterocycles. The van der Waals surface area contributed by atoms with Gasteiger partial charge in [0.15, 0.2) is 11.8 Å². The van der Waals surface area contributed by atoms with E-state index in [9.17, 15) is 18.0 Å². The number of hydrogen-bond acceptors (Lipinski definition) is 5. The predicted octanol–water partition coefficient (Wildman–Crippen LogP) is 3.32. The molecule has 2 amide bonds. The normalized spacial score (nSPS) is 11.6. The smallest absolute Gasteiger partial charge is 0.306 e. The summed E-state index contributed by atoms with van der Waals surface area (Å²) < 4.78 is 73.6. The molecule has 0 aliphatic rings. The molecule has 0 aliphatic heterocycles. The third-order valence-electron chi connectivity index (χ3n) is 5.72. The summed E-state index contributed by atoms with van der Waals surface area (Å²) in [5.41, 5.74) is -0.958. The first kappa shape index (κ1) is 34.6. The van der Waals surface area contributed by atoms with Gasteiger partial charge >= 0.3 is 12.2 Å². The summed E-state index contributed by atoms with van der Waals surface area (Å²) >= 11 is 19.1. The van der Waals surface area contributed by atoms with Crippen LogP contribution in [0.4, 0.5) is 23.7 Å². The highest BCUT2D eigenvalue weighted by Crippen LogP contribution is 2.63. The van der Waals surface area contributed by atoms with Crippen molar-refractivity contribution in [2.24, 2.45) is 0 Å². The third-order valence-corrected chi connectivity index (χ3v) is 10.9. The van der Waals surface area contributed by atoms with Crippen LogP contribution < -0.4 is 45.2 Å². The standard InChI is InChI=1S/C28H19Cl3F3N2OP.ClHO4/c29-23-17-16-19(28(32,33)34)18-24(23)35-27(37)36-26(25(30)31)38(20-10-4-1-5-11-20,21-12-6-2-7-13-21)22-14-8-3-9-15-22;2-1(3,4)5/h1-18H,(H-,35,36,37);(H,2,3,4,5). The van der Waals surface area contributed by atoms with E-state index in [1.54, 1.807) is 0 Å². The van der Waals surface area contributed by atoms with Crippen LogP contribution in [0.25, 0.3) is 0 Å². The summed E-state index contributed by atoms with van der Waals surface area (Å²) in [4.78, 5) is 13.3. The molecule has 2 N–H and O–H groups in total. The monoisotopic (exact) mass is 692 g/mol. The fourth-order valence-corrected chi connectivity index (χ4v) is 9.18. The third kappa shape index (κ3) is 9.30. The van der Waals surface area contributed by atoms with Gasteiger partial charge in [0.05, 0.1) is 16.3 Å². The average Bonchev–Trinajstić information content (AvgIpc) is 2.94. The molecule has 226 valence electrons. The number of nitrogens with one attached hydrogen (secondary N) is 2. The van der Waals surface area contributed by atoms with E-state index >= 15 is 0 Å². The van der Waals surface area contributed by atoms with E-state index < -0.39 is 35.3 Å². The lowest BCUT2D eigenvalue weighted by Gasteiger charge is -2.29. The van der Waals surface area contributed by atoms with Crippen molar-refractivity contribution in [3.8, 4) is 0 Å². The quantitative estimate of drug-likeness (QED) is 0.299. The summed E-state index contributed by atoms with van der Waals surface area (Å²) in [5, 5.41) is 7.67. The van der Waals surface area contributed by atoms with Crippen LogP contribution in [0.2, 0.25) is 5.02 Å². The highest BCUT2D eigenvalue weighted by Gasteiger charge is 2.52. The minimum absolute atomic E-state index is 0.0640. The van der Waals surface area contributed by atoms with Crippen molar-refractivity contribution in [2.75, 3.05) is 5.32 Å². The van der Waals surface area contributed by atoms with Crippen molar-refractivity contribution in [1.82, 2.24) is 5.32 Å². The fourth-order valence-electron chi connectivity index (χ4n) is 4.11. The van der Waals surface area contributed by atoms with E-state index in [-0.39, 0.29) is 20.6 Å². The van der Waals surface area contributed by atoms with Gasteiger partial charge in [-0.2, -0.15) is 13.2 Å². The van der Waals surface area contributed by atoms with Gasteiger partial charge in [0, 0.05) is 0 Å². The first-order chi connectivity index (χ1) is 20.1. The molecule has 0 saturated heterocycles. The zero-order valence-electron chi connectivity index (χ0n) is 21.5. The second-order valence-corrected chi connectivity index (χ2v) is 13.9. The van der Waals surface area contributed by atoms with Crippen molar-refractivity contribution in [1.29, 1.82) is 0 Å². The minimum atomic E-state index is -4.94. The Hall–Kier alpha value is -2.89. The van der Waals surface area contributed by atoms with E-state index in [1.807, 2.05) is 91.0 Å². The number of anilines is 1. The Bertz CT molecular complexity index is 1450. The first-order valence-corrected chi connectivity index (χ1v) is 16.0. The summed E-state index contributed by atoms with van der Waals surface area (Å²) in [6.07, 6.45) is -4.61. The Labute approximate surface area is 262 Å². The van der Waals surface area contributed by atoms with Crippen molar-refractivity contribution in [2.45, 2.75) is 6.18 Å². The molecule has 0 aromatic heterocycles. The maximum atomic E-state index is 13.3. The Morgan fingerprint density at radius 2 is 1.12 bits per heavy atom. The lowest BCUT2D eigenvalue weighted by molar-refractivity contribution is -2.00. The van der Waals surface area contributed by atoms with E-state index in [1.165, 1.54) is 0 Å². The number of hydrogen-bond donors (Lipinski definition) is 2. The molecule has 0 fully saturated rings. The van der Waals surface area contributed by atoms with Gasteiger partial charge in [-0.3, -0.25) is 5.32 Å². The molecule has 0 atom stereocenters. The molecular formula is C28H20Cl4F3N2O5P. The number of halogens is 7. The van der Waals surface area contributed by atoms with Crippen molar-refractivity contribution in [3.63, 3.8) is 0 Å². The number of alkyl halides is 3. The molecule has 0 unspecified atom stereocenters. The van der Waals surface area contributed by atoms with Gasteiger partial charge in [0.2, 0.25) is 5.44 Å². The van der Waals surface area contributed by atoms with Crippen LogP contribution in [0.5, 0.6) is 0 Å². The van der Waals surface area contributed by atoms with Crippen molar-refractivity contribution >= 4 is 69.7 Å². The number of rotatable bonds is 6. The highest BCUT2D eigenvalue weighted by molar-refractivity contribution is 7.99. The Morgan fingerprint density at radius 3 is 1.47 bits per heavy atom. The van der Waals surface area contributed by atoms with Crippen molar-refractivity contribution in [3.05, 3.63) is 130 Å². The van der Waals surface area contributed by atoms with Crippen LogP contribution in [-0.4, -0.2) is 6.03 Å². The largest absolute Gasteiger partial charge is 0.416 e. The molecule has 0 bridgehead atoms. The van der Waals surface area contributed by atoms with E-state index in [0.717, 1.165) is 34.1 Å². The van der Waals surface area contributed by atoms with E-state index in [2.05, 4.69) is 10.6 Å². The Balaban J connectivity index is 0.000000934. The fraction of sp³-hybridized carbons (Fsp3) is 0.0357. The Morgan fingerprint density at radius 1 is 0.721 bits per heavy atom. The summed E-state index contributed by atoms with van der Waals surface area (Å²) in [6, 6.07) is 30.2. The molecule has 4 aromatic rings. The topological polar surface area (TPSA) is 133 Å². The first-order valence-electron chi connectivity index (χ1n) is 11.8. The van der Waals surface area contributed by atoms with Gasteiger partial charge in [0.1, 0.15) is 15.9 Å². The maximum absolute atomic E-state index is 13.3. The second-order valence-electron chi connectivity index (χ2n) is 8.44. The lowest BCUT2D eigenvalue weighted by atomic mass is 10.2. The van der Waals surface area contributed by atoms with Gasteiger partial charge in [-0.05, 0) is 54.6 Å². The molecule has 7 nitrogen and oxygen atoms in total. The van der Waals surface area contributed by atoms with Crippen molar-refractivity contribution < 1.29 is 46.8 Å². The molecule has 0 spiro atoms. The molecule has 0 radical (unpaired) electrons. The Kier molecular flexibility index (Phi) is 11.8. The van der Waals surface area contributed by atoms with E-state index in [0.29, 0.717) is 0 Å². The molecule has 0 aliphatic carbocycles. The van der Waals surface area contributed by atoms with Gasteiger partial charge in [0.25, 0.3) is 0 Å². The zero-order chi connectivity index (χ0) is 31.8. The number of carbonyl (C=O) groups excluding carboxylic acids is 1. The van der Waals surface area contributed by atoms with E-state index in [4.69, 9.17) is 53.4 Å². The minimum Gasteiger partial charge on any atom is -0.306 e. The molecule has 0 saturated carbocycles. The SMILES string of the molecule is O=C(NC(=C(Cl)Cl)[P+](c1ccccc1)(c1ccccc1)c1ccccc1)Nc1cc(C(F)(F)F)ccc1Cl.[O-][Cl+3]([O-])([O-])[O-]. The molecule has 43 heavy (non-hydrogen) atoms. The number of urea groups is 1. The van der Waals surface area contributed by atoms with Crippen LogP contribution in [0.15, 0.2) is 119 Å². The van der Waals surface area contributed by atoms with Crippen LogP contribution in [0.3, 0.4) is 0 Å². The van der Waals surface area contributed by atoms with Gasteiger partial charge in [-0.15, -0.1) is 10.2 Å². The predicted molar refractivity (Wildman–Crippen MR) is 152 cm³/mol. The molecule has 15 heteroatoms. The zero-order valence-corrected chi connectivity index (χ0v) is 25.4. The summed E-state index contributed by atoms with van der Waals surface area (Å²) in [7, 11) is -7.84. The average molecular weight is 694 g/mol. The number of amides is 2. The highest BCUT2D eigenvalue weighted by atomic mass is 35.7. The summed E-state index contributed by atoms with van der Waals surface area (Å²) in [6.45, 7) is 0. The summed E-state index contributed by atoms with van der Waals surface area (Å²) in [5.74, 6) is 0. The van der Waals surface area contributed by atoms with Crippen LogP contribution in [0.1, 0.15) is 5.56 Å². The molecular weight excluding hydrogens is 674 g/mol. The van der Waals surface area contributed by atoms with Crippen LogP contribution in [0, 0.1) is 10.2 Å². The number of carbonyl (C=O) groups is 1. The lowest BCUT2D eigenvalue weighted by Crippen LogP contribution is -2.68. The second kappa shape index (κ2) is 14.7. The maximum Gasteiger partial charge on any atom is 0.416 e. The van der Waals surface area contributed by atoms with Gasteiger partial charge in [-0.25, -0.2) is 23.4 Å². The van der Waals surface area contributed by atoms with Gasteiger partial charge < -0.3 is 5.32 Å². The van der Waals surface area contributed by atoms with Crippen LogP contribution in [-0.2, 0) is 6.18 Å². The number of benzene rings is 4. The molecule has 4 rings (SSSR count). The van der Waals surface area contributed by atoms with Gasteiger partial charge in [-0.1, -0.05) is 89.4 Å².